The van der Waals surface area contributed by atoms with Gasteiger partial charge in [0.2, 0.25) is 5.95 Å². The molecule has 0 unspecified atom stereocenters. The summed E-state index contributed by atoms with van der Waals surface area (Å²) in [6.07, 6.45) is 0. The third-order valence-corrected chi connectivity index (χ3v) is 3.29. The minimum Gasteiger partial charge on any atom is -0.369 e. The van der Waals surface area contributed by atoms with Crippen LogP contribution in [0.2, 0.25) is 0 Å². The van der Waals surface area contributed by atoms with Crippen molar-refractivity contribution in [2.75, 3.05) is 5.73 Å². The lowest BCUT2D eigenvalue weighted by Crippen LogP contribution is -2.07. The fourth-order valence-corrected chi connectivity index (χ4v) is 2.25. The van der Waals surface area contributed by atoms with Crippen molar-refractivity contribution in [2.24, 2.45) is 0 Å². The summed E-state index contributed by atoms with van der Waals surface area (Å²) in [4.78, 5) is 4.07. The topological polar surface area (TPSA) is 67.6 Å². The lowest BCUT2D eigenvalue weighted by molar-refractivity contribution is 0.566. The van der Waals surface area contributed by atoms with Crippen molar-refractivity contribution in [1.82, 2.24) is 9.55 Å². The van der Waals surface area contributed by atoms with Gasteiger partial charge in [0.1, 0.15) is 11.5 Å². The maximum absolute atomic E-state index is 14.3. The smallest absolute Gasteiger partial charge is 0.206 e. The fraction of sp³-hybridized carbons (Fsp3) is 0.0667. The molecule has 3 aromatic rings. The first kappa shape index (κ1) is 13.1. The number of nitrogens with zero attached hydrogens (tertiary/aromatic N) is 3. The van der Waals surface area contributed by atoms with E-state index in [1.54, 1.807) is 12.1 Å². The Bertz CT molecular complexity index is 906. The number of aryl methyl sites for hydroxylation is 1. The van der Waals surface area contributed by atoms with Gasteiger partial charge in [-0.2, -0.15) is 5.26 Å². The predicted octanol–water partition coefficient (Wildman–Crippen LogP) is 3.07. The lowest BCUT2D eigenvalue weighted by atomic mass is 10.1. The summed E-state index contributed by atoms with van der Waals surface area (Å²) in [5, 5.41) is 8.96. The molecule has 0 amide bonds. The van der Waals surface area contributed by atoms with Gasteiger partial charge >= 0.3 is 0 Å². The Morgan fingerprint density at radius 2 is 2.00 bits per heavy atom. The van der Waals surface area contributed by atoms with Gasteiger partial charge in [-0.15, -0.1) is 0 Å². The van der Waals surface area contributed by atoms with Crippen LogP contribution >= 0.6 is 0 Å². The normalized spacial score (nSPS) is 10.8. The largest absolute Gasteiger partial charge is 0.369 e. The van der Waals surface area contributed by atoms with Gasteiger partial charge in [-0.1, -0.05) is 6.07 Å². The second kappa shape index (κ2) is 4.56. The molecule has 4 nitrogen and oxygen atoms in total. The first-order valence-electron chi connectivity index (χ1n) is 6.16. The van der Waals surface area contributed by atoms with Crippen molar-refractivity contribution in [1.29, 1.82) is 5.26 Å². The molecule has 0 atom stereocenters. The standard InChI is InChI=1S/C15H10F2N4/c1-8-2-4-10(16)14(13(8)17)21-12-6-9(7-18)3-5-11(12)20-15(21)19/h2-6H,1H3,(H2,19,20). The number of benzene rings is 2. The van der Waals surface area contributed by atoms with Gasteiger partial charge in [0, 0.05) is 0 Å². The summed E-state index contributed by atoms with van der Waals surface area (Å²) >= 11 is 0. The molecule has 0 radical (unpaired) electrons. The highest BCUT2D eigenvalue weighted by Gasteiger charge is 2.19. The summed E-state index contributed by atoms with van der Waals surface area (Å²) in [5.74, 6) is -1.49. The van der Waals surface area contributed by atoms with Crippen molar-refractivity contribution in [2.45, 2.75) is 6.92 Å². The van der Waals surface area contributed by atoms with E-state index in [4.69, 9.17) is 11.0 Å². The lowest BCUT2D eigenvalue weighted by Gasteiger charge is -2.10. The highest BCUT2D eigenvalue weighted by Crippen LogP contribution is 2.28. The molecule has 0 saturated carbocycles. The number of fused-ring (bicyclic) bond motifs is 1. The molecule has 6 heteroatoms. The monoisotopic (exact) mass is 284 g/mol. The zero-order valence-corrected chi connectivity index (χ0v) is 11.1. The van der Waals surface area contributed by atoms with Gasteiger partial charge in [0.25, 0.3) is 0 Å². The summed E-state index contributed by atoms with van der Waals surface area (Å²) in [7, 11) is 0. The van der Waals surface area contributed by atoms with Gasteiger partial charge in [-0.3, -0.25) is 4.57 Å². The van der Waals surface area contributed by atoms with E-state index in [1.807, 2.05) is 6.07 Å². The summed E-state index contributed by atoms with van der Waals surface area (Å²) in [6.45, 7) is 1.54. The number of aromatic nitrogens is 2. The van der Waals surface area contributed by atoms with Gasteiger partial charge in [-0.25, -0.2) is 13.8 Å². The SMILES string of the molecule is Cc1ccc(F)c(-n2c(N)nc3ccc(C#N)cc32)c1F. The molecule has 0 spiro atoms. The maximum atomic E-state index is 14.3. The van der Waals surface area contributed by atoms with Crippen molar-refractivity contribution in [3.05, 3.63) is 53.1 Å². The number of nitrogen functional groups attached to an aromatic ring is 1. The van der Waals surface area contributed by atoms with E-state index in [0.717, 1.165) is 0 Å². The highest BCUT2D eigenvalue weighted by molar-refractivity contribution is 5.82. The Hall–Kier alpha value is -2.94. The fourth-order valence-electron chi connectivity index (χ4n) is 2.25. The summed E-state index contributed by atoms with van der Waals surface area (Å²) in [5.41, 5.74) is 7.02. The van der Waals surface area contributed by atoms with Gasteiger partial charge in [0.05, 0.1) is 22.7 Å². The third-order valence-electron chi connectivity index (χ3n) is 3.29. The second-order valence-electron chi connectivity index (χ2n) is 4.65. The zero-order chi connectivity index (χ0) is 15.1. The minimum atomic E-state index is -0.744. The van der Waals surface area contributed by atoms with E-state index in [-0.39, 0.29) is 11.6 Å². The van der Waals surface area contributed by atoms with Crippen LogP contribution in [0.3, 0.4) is 0 Å². The summed E-state index contributed by atoms with van der Waals surface area (Å²) in [6, 6.07) is 9.16. The number of halogens is 2. The quantitative estimate of drug-likeness (QED) is 0.746. The molecule has 0 bridgehead atoms. The van der Waals surface area contributed by atoms with E-state index in [0.29, 0.717) is 22.2 Å². The predicted molar refractivity (Wildman–Crippen MR) is 74.9 cm³/mol. The van der Waals surface area contributed by atoms with Crippen LogP contribution in [0.25, 0.3) is 16.7 Å². The molecule has 2 N–H and O–H groups in total. The molecule has 0 aliphatic heterocycles. The molecule has 0 aliphatic carbocycles. The van der Waals surface area contributed by atoms with Crippen molar-refractivity contribution >= 4 is 17.0 Å². The maximum Gasteiger partial charge on any atom is 0.206 e. The summed E-state index contributed by atoms with van der Waals surface area (Å²) < 4.78 is 29.6. The number of imidazole rings is 1. The molecular weight excluding hydrogens is 274 g/mol. The van der Waals surface area contributed by atoms with Crippen molar-refractivity contribution in [3.8, 4) is 11.8 Å². The average Bonchev–Trinajstić information content (AvgIpc) is 2.79. The van der Waals surface area contributed by atoms with Crippen LogP contribution in [0, 0.1) is 29.9 Å². The number of nitrogens with two attached hydrogens (primary N) is 1. The highest BCUT2D eigenvalue weighted by atomic mass is 19.1. The Labute approximate surface area is 119 Å². The van der Waals surface area contributed by atoms with Crippen LogP contribution in [-0.2, 0) is 0 Å². The van der Waals surface area contributed by atoms with Gasteiger partial charge in [-0.05, 0) is 36.8 Å². The number of rotatable bonds is 1. The molecule has 1 heterocycles. The Morgan fingerprint density at radius 1 is 1.24 bits per heavy atom. The minimum absolute atomic E-state index is 0.0384. The number of hydrogen-bond acceptors (Lipinski definition) is 3. The molecule has 104 valence electrons. The number of nitriles is 1. The molecular formula is C15H10F2N4. The van der Waals surface area contributed by atoms with E-state index in [9.17, 15) is 8.78 Å². The second-order valence-corrected chi connectivity index (χ2v) is 4.65. The van der Waals surface area contributed by atoms with E-state index in [2.05, 4.69) is 4.98 Å². The van der Waals surface area contributed by atoms with Gasteiger partial charge in [0.15, 0.2) is 5.82 Å². The average molecular weight is 284 g/mol. The van der Waals surface area contributed by atoms with Crippen LogP contribution in [0.5, 0.6) is 0 Å². The van der Waals surface area contributed by atoms with E-state index in [1.165, 1.54) is 29.7 Å². The number of hydrogen-bond donors (Lipinski definition) is 1. The first-order chi connectivity index (χ1) is 10.0. The van der Waals surface area contributed by atoms with Gasteiger partial charge < -0.3 is 5.73 Å². The zero-order valence-electron chi connectivity index (χ0n) is 11.1. The first-order valence-corrected chi connectivity index (χ1v) is 6.16. The van der Waals surface area contributed by atoms with Crippen LogP contribution < -0.4 is 5.73 Å². The third kappa shape index (κ3) is 1.91. The molecule has 0 fully saturated rings. The molecule has 1 aromatic heterocycles. The van der Waals surface area contributed by atoms with Crippen LogP contribution in [-0.4, -0.2) is 9.55 Å². The molecule has 0 saturated heterocycles. The van der Waals surface area contributed by atoms with E-state index < -0.39 is 11.6 Å². The molecule has 3 rings (SSSR count). The molecule has 0 aliphatic rings. The molecule has 21 heavy (non-hydrogen) atoms. The molecule has 2 aromatic carbocycles. The Kier molecular flexibility index (Phi) is 2.84. The number of anilines is 1. The van der Waals surface area contributed by atoms with Crippen molar-refractivity contribution < 1.29 is 8.78 Å². The Balaban J connectivity index is 2.43. The van der Waals surface area contributed by atoms with E-state index >= 15 is 0 Å². The van der Waals surface area contributed by atoms with Crippen LogP contribution in [0.15, 0.2) is 30.3 Å². The van der Waals surface area contributed by atoms with Crippen LogP contribution in [0.1, 0.15) is 11.1 Å². The Morgan fingerprint density at radius 3 is 2.71 bits per heavy atom. The van der Waals surface area contributed by atoms with Crippen molar-refractivity contribution in [3.63, 3.8) is 0 Å². The van der Waals surface area contributed by atoms with Crippen LogP contribution in [0.4, 0.5) is 14.7 Å².